The molecule has 108 valence electrons. The molecule has 1 aliphatic rings. The molecule has 0 bridgehead atoms. The highest BCUT2D eigenvalue weighted by atomic mass is 16.5. The van der Waals surface area contributed by atoms with Crippen LogP contribution >= 0.6 is 0 Å². The summed E-state index contributed by atoms with van der Waals surface area (Å²) in [6.07, 6.45) is 5.44. The zero-order valence-corrected chi connectivity index (χ0v) is 11.9. The van der Waals surface area contributed by atoms with Crippen molar-refractivity contribution in [2.24, 2.45) is 0 Å². The Morgan fingerprint density at radius 1 is 1.10 bits per heavy atom. The monoisotopic (exact) mass is 274 g/mol. The summed E-state index contributed by atoms with van der Waals surface area (Å²) in [6, 6.07) is 10.1. The fourth-order valence-electron chi connectivity index (χ4n) is 2.48. The van der Waals surface area contributed by atoms with Gasteiger partial charge >= 0.3 is 6.09 Å². The summed E-state index contributed by atoms with van der Waals surface area (Å²) in [5, 5.41) is 0. The van der Waals surface area contributed by atoms with Gasteiger partial charge in [0.2, 0.25) is 0 Å². The molecule has 2 rings (SSSR count). The average Bonchev–Trinajstić information content (AvgIpc) is 2.50. The Kier molecular flexibility index (Phi) is 5.47. The summed E-state index contributed by atoms with van der Waals surface area (Å²) in [7, 11) is 0. The first-order valence-corrected chi connectivity index (χ1v) is 7.27. The lowest BCUT2D eigenvalue weighted by atomic mass is 9.91. The smallest absolute Gasteiger partial charge is 0.425 e. The Morgan fingerprint density at radius 2 is 1.80 bits per heavy atom. The van der Waals surface area contributed by atoms with Gasteiger partial charge in [-0.2, -0.15) is 0 Å². The fraction of sp³-hybridized carbons (Fsp3) is 0.438. The van der Waals surface area contributed by atoms with Crippen LogP contribution in [0.2, 0.25) is 0 Å². The molecule has 1 saturated carbocycles. The maximum Gasteiger partial charge on any atom is 0.425 e. The normalized spacial score (nSPS) is 14.6. The van der Waals surface area contributed by atoms with E-state index in [9.17, 15) is 4.79 Å². The molecule has 1 aromatic rings. The molecule has 2 N–H and O–H groups in total. The minimum Gasteiger partial charge on any atom is -0.449 e. The Labute approximate surface area is 120 Å². The Bertz CT molecular complexity index is 461. The Morgan fingerprint density at radius 3 is 2.45 bits per heavy atom. The average molecular weight is 274 g/mol. The van der Waals surface area contributed by atoms with Gasteiger partial charge in [0.25, 0.3) is 0 Å². The van der Waals surface area contributed by atoms with Crippen molar-refractivity contribution in [3.8, 4) is 0 Å². The molecule has 4 nitrogen and oxygen atoms in total. The Balaban J connectivity index is 2.14. The third-order valence-corrected chi connectivity index (χ3v) is 3.44. The lowest BCUT2D eigenvalue weighted by molar-refractivity contribution is 0.149. The second-order valence-electron chi connectivity index (χ2n) is 4.88. The van der Waals surface area contributed by atoms with Crippen LogP contribution in [0.1, 0.15) is 44.6 Å². The van der Waals surface area contributed by atoms with E-state index in [2.05, 4.69) is 23.0 Å². The van der Waals surface area contributed by atoms with E-state index in [-0.39, 0.29) is 0 Å². The predicted molar refractivity (Wildman–Crippen MR) is 79.7 cm³/mol. The summed E-state index contributed by atoms with van der Waals surface area (Å²) >= 11 is 0. The van der Waals surface area contributed by atoms with Gasteiger partial charge in [-0.05, 0) is 43.7 Å². The number of hydrogen-bond donors (Lipinski definition) is 2. The number of rotatable bonds is 4. The maximum absolute atomic E-state index is 11.4. The predicted octanol–water partition coefficient (Wildman–Crippen LogP) is 3.61. The largest absolute Gasteiger partial charge is 0.449 e. The van der Waals surface area contributed by atoms with Crippen molar-refractivity contribution >= 4 is 11.8 Å². The van der Waals surface area contributed by atoms with Crippen LogP contribution in [-0.2, 0) is 4.74 Å². The fourth-order valence-corrected chi connectivity index (χ4v) is 2.48. The van der Waals surface area contributed by atoms with Crippen LogP contribution in [0.15, 0.2) is 35.9 Å². The van der Waals surface area contributed by atoms with Gasteiger partial charge in [0.15, 0.2) is 0 Å². The molecule has 0 saturated heterocycles. The Hall–Kier alpha value is -1.97. The van der Waals surface area contributed by atoms with Crippen molar-refractivity contribution in [2.45, 2.75) is 39.0 Å². The lowest BCUT2D eigenvalue weighted by Gasteiger charge is -2.21. The molecule has 0 radical (unpaired) electrons. The zero-order chi connectivity index (χ0) is 14.2. The van der Waals surface area contributed by atoms with Crippen LogP contribution in [-0.4, -0.2) is 12.7 Å². The van der Waals surface area contributed by atoms with Gasteiger partial charge in [-0.25, -0.2) is 10.2 Å². The summed E-state index contributed by atoms with van der Waals surface area (Å²) < 4.78 is 4.88. The molecule has 20 heavy (non-hydrogen) atoms. The van der Waals surface area contributed by atoms with E-state index in [0.717, 1.165) is 24.1 Å². The van der Waals surface area contributed by atoms with Crippen molar-refractivity contribution in [1.82, 2.24) is 10.9 Å². The van der Waals surface area contributed by atoms with Gasteiger partial charge in [0, 0.05) is 0 Å². The molecule has 1 aliphatic carbocycles. The maximum atomic E-state index is 11.4. The van der Waals surface area contributed by atoms with E-state index in [4.69, 9.17) is 4.74 Å². The van der Waals surface area contributed by atoms with E-state index in [1.54, 1.807) is 6.92 Å². The SMILES string of the molecule is CCOC(=O)NNC(=C1CCCCC1)c1ccccc1. The molecule has 0 aliphatic heterocycles. The number of nitrogens with one attached hydrogen (secondary N) is 2. The second-order valence-corrected chi connectivity index (χ2v) is 4.88. The molecule has 0 spiro atoms. The molecule has 0 unspecified atom stereocenters. The van der Waals surface area contributed by atoms with Crippen molar-refractivity contribution < 1.29 is 9.53 Å². The number of carbonyl (C=O) groups excluding carboxylic acids is 1. The van der Waals surface area contributed by atoms with E-state index >= 15 is 0 Å². The number of benzene rings is 1. The van der Waals surface area contributed by atoms with Crippen LogP contribution in [0, 0.1) is 0 Å². The zero-order valence-electron chi connectivity index (χ0n) is 11.9. The van der Waals surface area contributed by atoms with Crippen LogP contribution in [0.3, 0.4) is 0 Å². The van der Waals surface area contributed by atoms with Crippen LogP contribution in [0.5, 0.6) is 0 Å². The van der Waals surface area contributed by atoms with E-state index in [1.807, 2.05) is 18.2 Å². The third kappa shape index (κ3) is 4.02. The number of hydrazine groups is 1. The van der Waals surface area contributed by atoms with Gasteiger partial charge in [0.05, 0.1) is 12.3 Å². The molecule has 1 fully saturated rings. The molecule has 1 aromatic carbocycles. The van der Waals surface area contributed by atoms with Crippen molar-refractivity contribution in [1.29, 1.82) is 0 Å². The van der Waals surface area contributed by atoms with E-state index in [1.165, 1.54) is 24.8 Å². The van der Waals surface area contributed by atoms with Crippen LogP contribution in [0.4, 0.5) is 4.79 Å². The summed E-state index contributed by atoms with van der Waals surface area (Å²) in [4.78, 5) is 11.4. The van der Waals surface area contributed by atoms with E-state index in [0.29, 0.717) is 6.61 Å². The first-order valence-electron chi connectivity index (χ1n) is 7.27. The molecule has 0 heterocycles. The molecule has 0 aromatic heterocycles. The highest BCUT2D eigenvalue weighted by molar-refractivity contribution is 5.72. The first kappa shape index (κ1) is 14.4. The minimum atomic E-state index is -0.447. The van der Waals surface area contributed by atoms with Crippen molar-refractivity contribution in [3.05, 3.63) is 41.5 Å². The number of hydrogen-bond acceptors (Lipinski definition) is 3. The molecular formula is C16H22N2O2. The molecular weight excluding hydrogens is 252 g/mol. The van der Waals surface area contributed by atoms with Crippen LogP contribution < -0.4 is 10.9 Å². The minimum absolute atomic E-state index is 0.366. The summed E-state index contributed by atoms with van der Waals surface area (Å²) in [5.41, 5.74) is 9.14. The van der Waals surface area contributed by atoms with E-state index < -0.39 is 6.09 Å². The van der Waals surface area contributed by atoms with Crippen molar-refractivity contribution in [3.63, 3.8) is 0 Å². The van der Waals surface area contributed by atoms with Gasteiger partial charge in [-0.15, -0.1) is 0 Å². The number of amides is 1. The third-order valence-electron chi connectivity index (χ3n) is 3.44. The molecule has 1 amide bonds. The lowest BCUT2D eigenvalue weighted by Crippen LogP contribution is -2.37. The van der Waals surface area contributed by atoms with Crippen LogP contribution in [0.25, 0.3) is 5.70 Å². The number of allylic oxidation sites excluding steroid dienone is 1. The highest BCUT2D eigenvalue weighted by Crippen LogP contribution is 2.28. The summed E-state index contributed by atoms with van der Waals surface area (Å²) in [6.45, 7) is 2.15. The second kappa shape index (κ2) is 7.58. The quantitative estimate of drug-likeness (QED) is 0.825. The van der Waals surface area contributed by atoms with Gasteiger partial charge < -0.3 is 4.74 Å². The number of ether oxygens (including phenoxy) is 1. The summed E-state index contributed by atoms with van der Waals surface area (Å²) in [5.74, 6) is 0. The van der Waals surface area contributed by atoms with Gasteiger partial charge in [-0.1, -0.05) is 36.8 Å². The topological polar surface area (TPSA) is 50.4 Å². The molecule has 0 atom stereocenters. The standard InChI is InChI=1S/C16H22N2O2/c1-2-20-16(19)18-17-15(13-9-5-3-6-10-13)14-11-7-4-8-12-14/h3,5-6,9-10,17H,2,4,7-8,11-12H2,1H3,(H,18,19). The molecule has 4 heteroatoms. The first-order chi connectivity index (χ1) is 9.81. The highest BCUT2D eigenvalue weighted by Gasteiger charge is 2.13. The number of carbonyl (C=O) groups is 1. The van der Waals surface area contributed by atoms with Gasteiger partial charge in [-0.3, -0.25) is 5.43 Å². The van der Waals surface area contributed by atoms with Crippen molar-refractivity contribution in [2.75, 3.05) is 6.61 Å². The van der Waals surface area contributed by atoms with Gasteiger partial charge in [0.1, 0.15) is 0 Å².